The molecule has 2 aromatic rings. The van der Waals surface area contributed by atoms with E-state index in [-0.39, 0.29) is 12.2 Å². The number of aromatic carboxylic acids is 1. The van der Waals surface area contributed by atoms with E-state index in [9.17, 15) is 14.0 Å². The Bertz CT molecular complexity index is 624. The Kier molecular flexibility index (Phi) is 3.56. The molecule has 7 heteroatoms. The number of carbonyl (C=O) groups excluding carboxylic acids is 1. The van der Waals surface area contributed by atoms with Crippen LogP contribution in [0.15, 0.2) is 36.8 Å². The summed E-state index contributed by atoms with van der Waals surface area (Å²) in [7, 11) is 0. The lowest BCUT2D eigenvalue weighted by Gasteiger charge is -2.05. The summed E-state index contributed by atoms with van der Waals surface area (Å²) >= 11 is 0. The van der Waals surface area contributed by atoms with E-state index in [1.54, 1.807) is 6.07 Å². The summed E-state index contributed by atoms with van der Waals surface area (Å²) in [6.07, 6.45) is 2.49. The number of carboxylic acid groups (broad SMARTS) is 1. The quantitative estimate of drug-likeness (QED) is 0.872. The van der Waals surface area contributed by atoms with Gasteiger partial charge in [0.05, 0.1) is 6.33 Å². The van der Waals surface area contributed by atoms with Gasteiger partial charge in [0.1, 0.15) is 12.4 Å². The molecule has 0 aliphatic carbocycles. The van der Waals surface area contributed by atoms with Crippen LogP contribution in [0.4, 0.5) is 10.1 Å². The number of nitrogens with one attached hydrogen (secondary N) is 1. The number of rotatable bonds is 4. The highest BCUT2D eigenvalue weighted by Crippen LogP contribution is 2.09. The average molecular weight is 263 g/mol. The molecule has 6 nitrogen and oxygen atoms in total. The summed E-state index contributed by atoms with van der Waals surface area (Å²) in [5.41, 5.74) is 0.196. The summed E-state index contributed by atoms with van der Waals surface area (Å²) in [5, 5.41) is 11.2. The number of hydrogen-bond acceptors (Lipinski definition) is 3. The minimum absolute atomic E-state index is 0.100. The van der Waals surface area contributed by atoms with Crippen molar-refractivity contribution in [1.29, 1.82) is 0 Å². The number of anilines is 1. The molecule has 0 aliphatic heterocycles. The fraction of sp³-hybridized carbons (Fsp3) is 0.0833. The first kappa shape index (κ1) is 12.7. The second-order valence-corrected chi connectivity index (χ2v) is 3.79. The second-order valence-electron chi connectivity index (χ2n) is 3.79. The fourth-order valence-corrected chi connectivity index (χ4v) is 1.49. The van der Waals surface area contributed by atoms with E-state index in [0.717, 1.165) is 0 Å². The average Bonchev–Trinajstić information content (AvgIpc) is 2.77. The molecule has 0 bridgehead atoms. The molecule has 0 fully saturated rings. The monoisotopic (exact) mass is 263 g/mol. The molecule has 0 spiro atoms. The number of amides is 1. The van der Waals surface area contributed by atoms with Crippen molar-refractivity contribution in [3.8, 4) is 0 Å². The molecule has 0 aliphatic rings. The number of aromatic nitrogens is 2. The lowest BCUT2D eigenvalue weighted by atomic mass is 10.3. The molecule has 1 heterocycles. The summed E-state index contributed by atoms with van der Waals surface area (Å²) in [6, 6.07) is 5.49. The predicted molar refractivity (Wildman–Crippen MR) is 64.2 cm³/mol. The lowest BCUT2D eigenvalue weighted by molar-refractivity contribution is -0.116. The fourth-order valence-electron chi connectivity index (χ4n) is 1.49. The third-order valence-electron chi connectivity index (χ3n) is 2.29. The molecule has 1 amide bonds. The minimum Gasteiger partial charge on any atom is -0.476 e. The van der Waals surface area contributed by atoms with Gasteiger partial charge in [-0.3, -0.25) is 4.79 Å². The van der Waals surface area contributed by atoms with Crippen molar-refractivity contribution in [3.63, 3.8) is 0 Å². The lowest BCUT2D eigenvalue weighted by Crippen LogP contribution is -2.18. The Hall–Kier alpha value is -2.70. The van der Waals surface area contributed by atoms with E-state index in [0.29, 0.717) is 5.69 Å². The van der Waals surface area contributed by atoms with Crippen molar-refractivity contribution in [3.05, 3.63) is 48.3 Å². The van der Waals surface area contributed by atoms with Crippen molar-refractivity contribution in [2.75, 3.05) is 5.32 Å². The van der Waals surface area contributed by atoms with Crippen molar-refractivity contribution >= 4 is 17.6 Å². The first-order valence-electron chi connectivity index (χ1n) is 5.35. The van der Waals surface area contributed by atoms with Crippen LogP contribution in [0.1, 0.15) is 10.5 Å². The van der Waals surface area contributed by atoms with Gasteiger partial charge in [-0.15, -0.1) is 0 Å². The van der Waals surface area contributed by atoms with E-state index in [1.165, 1.54) is 35.3 Å². The maximum absolute atomic E-state index is 12.9. The molecule has 0 radical (unpaired) electrons. The van der Waals surface area contributed by atoms with Crippen molar-refractivity contribution in [2.24, 2.45) is 0 Å². The van der Waals surface area contributed by atoms with Gasteiger partial charge in [0.25, 0.3) is 0 Å². The van der Waals surface area contributed by atoms with Gasteiger partial charge in [-0.05, 0) is 18.2 Å². The van der Waals surface area contributed by atoms with Crippen LogP contribution in [-0.4, -0.2) is 26.5 Å². The van der Waals surface area contributed by atoms with Crippen LogP contribution >= 0.6 is 0 Å². The molecule has 2 N–H and O–H groups in total. The molecule has 98 valence electrons. The number of benzene rings is 1. The highest BCUT2D eigenvalue weighted by molar-refractivity contribution is 5.90. The van der Waals surface area contributed by atoms with E-state index in [1.807, 2.05) is 0 Å². The number of hydrogen-bond donors (Lipinski definition) is 2. The number of nitrogens with zero attached hydrogens (tertiary/aromatic N) is 2. The third kappa shape index (κ3) is 3.38. The molecular formula is C12H10FN3O3. The largest absolute Gasteiger partial charge is 0.476 e. The van der Waals surface area contributed by atoms with Crippen LogP contribution in [0, 0.1) is 5.82 Å². The smallest absolute Gasteiger partial charge is 0.356 e. The van der Waals surface area contributed by atoms with Gasteiger partial charge in [0.2, 0.25) is 5.91 Å². The van der Waals surface area contributed by atoms with Crippen LogP contribution < -0.4 is 5.32 Å². The first-order valence-corrected chi connectivity index (χ1v) is 5.35. The zero-order chi connectivity index (χ0) is 13.8. The Labute approximate surface area is 107 Å². The molecule has 2 rings (SSSR count). The van der Waals surface area contributed by atoms with E-state index in [4.69, 9.17) is 5.11 Å². The molecule has 0 unspecified atom stereocenters. The van der Waals surface area contributed by atoms with Crippen molar-refractivity contribution in [2.45, 2.75) is 6.54 Å². The Morgan fingerprint density at radius 3 is 2.84 bits per heavy atom. The Morgan fingerprint density at radius 1 is 1.42 bits per heavy atom. The van der Waals surface area contributed by atoms with Gasteiger partial charge in [0, 0.05) is 11.9 Å². The standard InChI is InChI=1S/C12H10FN3O3/c13-8-2-1-3-9(4-8)15-11(17)6-16-5-10(12(18)19)14-7-16/h1-5,7H,6H2,(H,15,17)(H,18,19). The highest BCUT2D eigenvalue weighted by atomic mass is 19.1. The molecule has 19 heavy (non-hydrogen) atoms. The second kappa shape index (κ2) is 5.30. The van der Waals surface area contributed by atoms with Crippen LogP contribution in [0.2, 0.25) is 0 Å². The predicted octanol–water partition coefficient (Wildman–Crippen LogP) is 1.36. The zero-order valence-corrected chi connectivity index (χ0v) is 9.71. The summed E-state index contributed by atoms with van der Waals surface area (Å²) < 4.78 is 14.2. The Morgan fingerprint density at radius 2 is 2.21 bits per heavy atom. The maximum Gasteiger partial charge on any atom is 0.356 e. The number of imidazole rings is 1. The minimum atomic E-state index is -1.16. The molecule has 0 saturated carbocycles. The number of carbonyl (C=O) groups is 2. The van der Waals surface area contributed by atoms with Gasteiger partial charge in [-0.1, -0.05) is 6.07 Å². The summed E-state index contributed by atoms with van der Waals surface area (Å²) in [6.45, 7) is -0.100. The van der Waals surface area contributed by atoms with Gasteiger partial charge >= 0.3 is 5.97 Å². The first-order chi connectivity index (χ1) is 9.04. The Balaban J connectivity index is 1.99. The van der Waals surface area contributed by atoms with Crippen LogP contribution in [0.25, 0.3) is 0 Å². The van der Waals surface area contributed by atoms with E-state index in [2.05, 4.69) is 10.3 Å². The highest BCUT2D eigenvalue weighted by Gasteiger charge is 2.09. The van der Waals surface area contributed by atoms with Crippen molar-refractivity contribution < 1.29 is 19.1 Å². The molecular weight excluding hydrogens is 253 g/mol. The van der Waals surface area contributed by atoms with Gasteiger partial charge < -0.3 is 15.0 Å². The maximum atomic E-state index is 12.9. The van der Waals surface area contributed by atoms with E-state index >= 15 is 0 Å². The van der Waals surface area contributed by atoms with Gasteiger partial charge in [0.15, 0.2) is 5.69 Å². The molecule has 1 aromatic carbocycles. The van der Waals surface area contributed by atoms with E-state index < -0.39 is 17.7 Å². The van der Waals surface area contributed by atoms with Crippen LogP contribution in [-0.2, 0) is 11.3 Å². The SMILES string of the molecule is O=C(Cn1cnc(C(=O)O)c1)Nc1cccc(F)c1. The molecule has 1 aromatic heterocycles. The van der Waals surface area contributed by atoms with Crippen molar-refractivity contribution in [1.82, 2.24) is 9.55 Å². The van der Waals surface area contributed by atoms with Crippen LogP contribution in [0.5, 0.6) is 0 Å². The van der Waals surface area contributed by atoms with Gasteiger partial charge in [-0.2, -0.15) is 0 Å². The third-order valence-corrected chi connectivity index (χ3v) is 2.29. The normalized spacial score (nSPS) is 10.2. The van der Waals surface area contributed by atoms with Crippen LogP contribution in [0.3, 0.4) is 0 Å². The topological polar surface area (TPSA) is 84.2 Å². The summed E-state index contributed by atoms with van der Waals surface area (Å²) in [4.78, 5) is 25.9. The number of halogens is 1. The summed E-state index contributed by atoms with van der Waals surface area (Å²) in [5.74, 6) is -2.02. The molecule has 0 atom stereocenters. The molecule has 0 saturated heterocycles. The number of carboxylic acids is 1. The zero-order valence-electron chi connectivity index (χ0n) is 9.71. The van der Waals surface area contributed by atoms with Gasteiger partial charge in [-0.25, -0.2) is 14.2 Å².